The SMILES string of the molecule is Cc1sc(C(O)C2CCOC3(CCOC3)C2)cc1Br. The lowest BCUT2D eigenvalue weighted by Gasteiger charge is -2.38. The lowest BCUT2D eigenvalue weighted by Crippen LogP contribution is -2.41. The highest BCUT2D eigenvalue weighted by atomic mass is 79.9. The molecule has 0 aromatic carbocycles. The molecule has 0 amide bonds. The third kappa shape index (κ3) is 2.76. The molecule has 0 aliphatic carbocycles. The molecule has 3 nitrogen and oxygen atoms in total. The van der Waals surface area contributed by atoms with Crippen molar-refractivity contribution >= 4 is 27.3 Å². The van der Waals surface area contributed by atoms with E-state index in [1.54, 1.807) is 11.3 Å². The summed E-state index contributed by atoms with van der Waals surface area (Å²) < 4.78 is 12.5. The largest absolute Gasteiger partial charge is 0.387 e. The number of aryl methyl sites for hydroxylation is 1. The maximum Gasteiger partial charge on any atom is 0.0940 e. The highest BCUT2D eigenvalue weighted by molar-refractivity contribution is 9.10. The first-order valence-corrected chi connectivity index (χ1v) is 8.36. The van der Waals surface area contributed by atoms with Gasteiger partial charge in [0.25, 0.3) is 0 Å². The summed E-state index contributed by atoms with van der Waals surface area (Å²) in [6, 6.07) is 2.05. The molecule has 0 saturated carbocycles. The van der Waals surface area contributed by atoms with Gasteiger partial charge in [0.2, 0.25) is 0 Å². The molecule has 1 N–H and O–H groups in total. The maximum atomic E-state index is 10.6. The Labute approximate surface area is 126 Å². The third-order valence-corrected chi connectivity index (χ3v) is 6.42. The fourth-order valence-corrected chi connectivity index (χ4v) is 4.70. The van der Waals surface area contributed by atoms with Crippen LogP contribution in [0.4, 0.5) is 0 Å². The number of rotatable bonds is 2. The van der Waals surface area contributed by atoms with Gasteiger partial charge in [-0.05, 0) is 47.7 Å². The molecular formula is C14H19BrO3S. The molecule has 19 heavy (non-hydrogen) atoms. The van der Waals surface area contributed by atoms with Crippen LogP contribution in [0.15, 0.2) is 10.5 Å². The normalized spacial score (nSPS) is 32.9. The summed E-state index contributed by atoms with van der Waals surface area (Å²) in [5.74, 6) is 0.278. The molecule has 5 heteroatoms. The van der Waals surface area contributed by atoms with Crippen LogP contribution in [-0.4, -0.2) is 30.5 Å². The van der Waals surface area contributed by atoms with Gasteiger partial charge in [-0.25, -0.2) is 0 Å². The molecule has 3 heterocycles. The van der Waals surface area contributed by atoms with Crippen molar-refractivity contribution < 1.29 is 14.6 Å². The van der Waals surface area contributed by atoms with Gasteiger partial charge in [-0.2, -0.15) is 0 Å². The smallest absolute Gasteiger partial charge is 0.0940 e. The lowest BCUT2D eigenvalue weighted by atomic mass is 9.82. The summed E-state index contributed by atoms with van der Waals surface area (Å²) in [7, 11) is 0. The van der Waals surface area contributed by atoms with Crippen molar-refractivity contribution in [2.24, 2.45) is 5.92 Å². The van der Waals surface area contributed by atoms with Gasteiger partial charge in [0.15, 0.2) is 0 Å². The van der Waals surface area contributed by atoms with Crippen LogP contribution in [0.25, 0.3) is 0 Å². The van der Waals surface area contributed by atoms with Crippen molar-refractivity contribution in [3.8, 4) is 0 Å². The number of halogens is 1. The van der Waals surface area contributed by atoms with E-state index in [9.17, 15) is 5.11 Å². The Balaban J connectivity index is 1.74. The zero-order valence-electron chi connectivity index (χ0n) is 11.0. The molecule has 3 rings (SSSR count). The number of hydrogen-bond donors (Lipinski definition) is 1. The van der Waals surface area contributed by atoms with Gasteiger partial charge in [0, 0.05) is 33.9 Å². The predicted octanol–water partition coefficient (Wildman–Crippen LogP) is 3.44. The second kappa shape index (κ2) is 5.45. The fraction of sp³-hybridized carbons (Fsp3) is 0.714. The van der Waals surface area contributed by atoms with E-state index in [-0.39, 0.29) is 17.6 Å². The third-order valence-electron chi connectivity index (χ3n) is 4.21. The standard InChI is InChI=1S/C14H19BrO3S/c1-9-11(15)6-12(19-9)13(16)10-2-4-18-14(7-10)3-5-17-8-14/h6,10,13,16H,2-5,7-8H2,1H3. The predicted molar refractivity (Wildman–Crippen MR) is 78.6 cm³/mol. The van der Waals surface area contributed by atoms with E-state index in [0.29, 0.717) is 6.61 Å². The minimum absolute atomic E-state index is 0.132. The highest BCUT2D eigenvalue weighted by Gasteiger charge is 2.43. The van der Waals surface area contributed by atoms with Crippen molar-refractivity contribution in [1.82, 2.24) is 0 Å². The molecule has 0 radical (unpaired) electrons. The van der Waals surface area contributed by atoms with Crippen LogP contribution in [-0.2, 0) is 9.47 Å². The summed E-state index contributed by atoms with van der Waals surface area (Å²) in [5.41, 5.74) is -0.132. The molecule has 1 aromatic heterocycles. The van der Waals surface area contributed by atoms with Gasteiger partial charge >= 0.3 is 0 Å². The van der Waals surface area contributed by atoms with Crippen LogP contribution in [0.3, 0.4) is 0 Å². The quantitative estimate of drug-likeness (QED) is 0.891. The van der Waals surface area contributed by atoms with Crippen molar-refractivity contribution in [1.29, 1.82) is 0 Å². The Morgan fingerprint density at radius 3 is 3.00 bits per heavy atom. The summed E-state index contributed by atoms with van der Waals surface area (Å²) >= 11 is 5.20. The van der Waals surface area contributed by atoms with E-state index in [4.69, 9.17) is 9.47 Å². The Morgan fingerprint density at radius 1 is 1.53 bits per heavy atom. The number of aliphatic hydroxyl groups is 1. The second-order valence-corrected chi connectivity index (χ2v) is 7.73. The Morgan fingerprint density at radius 2 is 2.37 bits per heavy atom. The Hall–Kier alpha value is 0.0600. The average molecular weight is 347 g/mol. The average Bonchev–Trinajstić information content (AvgIpc) is 2.97. The Bertz CT molecular complexity index is 434. The van der Waals surface area contributed by atoms with Crippen LogP contribution in [0.2, 0.25) is 0 Å². The molecule has 1 aromatic rings. The molecule has 3 atom stereocenters. The number of thiophene rings is 1. The fourth-order valence-electron chi connectivity index (χ4n) is 3.06. The van der Waals surface area contributed by atoms with Gasteiger partial charge in [0.05, 0.1) is 18.3 Å². The van der Waals surface area contributed by atoms with Gasteiger partial charge in [-0.1, -0.05) is 0 Å². The zero-order valence-corrected chi connectivity index (χ0v) is 13.4. The molecule has 2 saturated heterocycles. The number of aliphatic hydroxyl groups excluding tert-OH is 1. The molecule has 0 bridgehead atoms. The van der Waals surface area contributed by atoms with Crippen LogP contribution in [0.1, 0.15) is 35.1 Å². The van der Waals surface area contributed by atoms with E-state index >= 15 is 0 Å². The molecular weight excluding hydrogens is 328 g/mol. The summed E-state index contributed by atoms with van der Waals surface area (Å²) in [6.07, 6.45) is 2.42. The first kappa shape index (κ1) is 14.0. The molecule has 3 unspecified atom stereocenters. The second-order valence-electron chi connectivity index (χ2n) is 5.58. The molecule has 2 fully saturated rings. The van der Waals surface area contributed by atoms with E-state index in [2.05, 4.69) is 28.9 Å². The van der Waals surface area contributed by atoms with Crippen molar-refractivity contribution in [3.63, 3.8) is 0 Å². The minimum atomic E-state index is -0.378. The van der Waals surface area contributed by atoms with Gasteiger partial charge in [-0.3, -0.25) is 0 Å². The van der Waals surface area contributed by atoms with E-state index in [1.165, 1.54) is 4.88 Å². The minimum Gasteiger partial charge on any atom is -0.387 e. The molecule has 2 aliphatic heterocycles. The topological polar surface area (TPSA) is 38.7 Å². The van der Waals surface area contributed by atoms with Crippen molar-refractivity contribution in [2.45, 2.75) is 37.9 Å². The monoisotopic (exact) mass is 346 g/mol. The molecule has 106 valence electrons. The van der Waals surface area contributed by atoms with E-state index in [1.807, 2.05) is 0 Å². The van der Waals surface area contributed by atoms with Crippen molar-refractivity contribution in [2.75, 3.05) is 19.8 Å². The molecule has 2 aliphatic rings. The van der Waals surface area contributed by atoms with E-state index in [0.717, 1.165) is 41.8 Å². The lowest BCUT2D eigenvalue weighted by molar-refractivity contribution is -0.116. The van der Waals surface area contributed by atoms with Crippen molar-refractivity contribution in [3.05, 3.63) is 20.3 Å². The first-order valence-electron chi connectivity index (χ1n) is 6.75. The van der Waals surface area contributed by atoms with Crippen LogP contribution >= 0.6 is 27.3 Å². The van der Waals surface area contributed by atoms with Crippen LogP contribution in [0, 0.1) is 12.8 Å². The van der Waals surface area contributed by atoms with E-state index < -0.39 is 0 Å². The highest BCUT2D eigenvalue weighted by Crippen LogP contribution is 2.43. The zero-order chi connectivity index (χ0) is 13.5. The maximum absolute atomic E-state index is 10.6. The van der Waals surface area contributed by atoms with Crippen LogP contribution in [0.5, 0.6) is 0 Å². The number of hydrogen-bond acceptors (Lipinski definition) is 4. The first-order chi connectivity index (χ1) is 9.10. The summed E-state index contributed by atoms with van der Waals surface area (Å²) in [6.45, 7) is 4.27. The summed E-state index contributed by atoms with van der Waals surface area (Å²) in [4.78, 5) is 2.28. The Kier molecular flexibility index (Phi) is 4.02. The van der Waals surface area contributed by atoms with Crippen LogP contribution < -0.4 is 0 Å². The van der Waals surface area contributed by atoms with Gasteiger partial charge < -0.3 is 14.6 Å². The van der Waals surface area contributed by atoms with Gasteiger partial charge in [0.1, 0.15) is 0 Å². The van der Waals surface area contributed by atoms with Gasteiger partial charge in [-0.15, -0.1) is 11.3 Å². The number of ether oxygens (including phenoxy) is 2. The molecule has 1 spiro atoms. The summed E-state index contributed by atoms with van der Waals surface area (Å²) in [5, 5.41) is 10.6.